The van der Waals surface area contributed by atoms with Gasteiger partial charge in [0.2, 0.25) is 5.91 Å². The molecule has 5 nitrogen and oxygen atoms in total. The standard InChI is InChI=1S/C25H30FN3O2/c26-21-11-7-18(8-12-21)9-14-24(30)29-15-3-4-20(17-29)23-13-10-19(16-27-23)25(31)28-22-5-1-2-6-22/h7-8,10-13,16,20,22H,1-6,9,14-15,17H2,(H,28,31)/t20-/m1/s1. The lowest BCUT2D eigenvalue weighted by molar-refractivity contribution is -0.132. The summed E-state index contributed by atoms with van der Waals surface area (Å²) in [4.78, 5) is 31.6. The number of piperidine rings is 1. The first-order chi connectivity index (χ1) is 15.1. The Morgan fingerprint density at radius 2 is 1.81 bits per heavy atom. The van der Waals surface area contributed by atoms with E-state index < -0.39 is 0 Å². The highest BCUT2D eigenvalue weighted by Gasteiger charge is 2.26. The highest BCUT2D eigenvalue weighted by atomic mass is 19.1. The number of carbonyl (C=O) groups is 2. The van der Waals surface area contributed by atoms with Gasteiger partial charge >= 0.3 is 0 Å². The van der Waals surface area contributed by atoms with E-state index in [1.165, 1.54) is 25.0 Å². The molecule has 1 saturated carbocycles. The molecule has 1 aliphatic heterocycles. The Balaban J connectivity index is 1.30. The first-order valence-electron chi connectivity index (χ1n) is 11.4. The van der Waals surface area contributed by atoms with Crippen LogP contribution in [0.5, 0.6) is 0 Å². The second-order valence-electron chi connectivity index (χ2n) is 8.73. The van der Waals surface area contributed by atoms with Crippen LogP contribution in [0.25, 0.3) is 0 Å². The predicted molar refractivity (Wildman–Crippen MR) is 117 cm³/mol. The molecule has 31 heavy (non-hydrogen) atoms. The maximum atomic E-state index is 13.0. The number of rotatable bonds is 6. The average Bonchev–Trinajstić information content (AvgIpc) is 3.32. The highest BCUT2D eigenvalue weighted by Crippen LogP contribution is 2.26. The molecule has 1 N–H and O–H groups in total. The molecule has 2 aromatic rings. The van der Waals surface area contributed by atoms with E-state index in [1.807, 2.05) is 17.0 Å². The summed E-state index contributed by atoms with van der Waals surface area (Å²) in [5, 5.41) is 3.09. The van der Waals surface area contributed by atoms with Crippen LogP contribution in [0.2, 0.25) is 0 Å². The van der Waals surface area contributed by atoms with Crippen molar-refractivity contribution in [2.45, 2.75) is 63.3 Å². The fraction of sp³-hybridized carbons (Fsp3) is 0.480. The van der Waals surface area contributed by atoms with Gasteiger partial charge in [0, 0.05) is 43.4 Å². The normalized spacial score (nSPS) is 19.4. The summed E-state index contributed by atoms with van der Waals surface area (Å²) in [5.74, 6) is 0.00716. The number of amides is 2. The molecule has 2 heterocycles. The van der Waals surface area contributed by atoms with Crippen LogP contribution in [0.4, 0.5) is 4.39 Å². The summed E-state index contributed by atoms with van der Waals surface area (Å²) >= 11 is 0. The molecular weight excluding hydrogens is 393 g/mol. The molecule has 164 valence electrons. The minimum absolute atomic E-state index is 0.0489. The summed E-state index contributed by atoms with van der Waals surface area (Å²) in [6.45, 7) is 1.42. The number of hydrogen-bond acceptors (Lipinski definition) is 3. The quantitative estimate of drug-likeness (QED) is 0.756. The van der Waals surface area contributed by atoms with Crippen molar-refractivity contribution in [3.8, 4) is 0 Å². The lowest BCUT2D eigenvalue weighted by Crippen LogP contribution is -2.39. The second-order valence-corrected chi connectivity index (χ2v) is 8.73. The number of aromatic nitrogens is 1. The van der Waals surface area contributed by atoms with E-state index in [9.17, 15) is 14.0 Å². The van der Waals surface area contributed by atoms with Gasteiger partial charge in [0.25, 0.3) is 5.91 Å². The van der Waals surface area contributed by atoms with Gasteiger partial charge in [0.05, 0.1) is 5.56 Å². The van der Waals surface area contributed by atoms with Gasteiger partial charge in [0.15, 0.2) is 0 Å². The third-order valence-corrected chi connectivity index (χ3v) is 6.47. The number of nitrogens with one attached hydrogen (secondary N) is 1. The van der Waals surface area contributed by atoms with E-state index in [0.717, 1.165) is 43.5 Å². The van der Waals surface area contributed by atoms with Crippen LogP contribution < -0.4 is 5.32 Å². The number of nitrogens with zero attached hydrogens (tertiary/aromatic N) is 2. The smallest absolute Gasteiger partial charge is 0.253 e. The van der Waals surface area contributed by atoms with Crippen LogP contribution in [0.1, 0.15) is 72.5 Å². The van der Waals surface area contributed by atoms with Crippen molar-refractivity contribution >= 4 is 11.8 Å². The van der Waals surface area contributed by atoms with E-state index >= 15 is 0 Å². The third kappa shape index (κ3) is 5.69. The molecule has 0 spiro atoms. The van der Waals surface area contributed by atoms with Crippen molar-refractivity contribution in [2.24, 2.45) is 0 Å². The molecule has 6 heteroatoms. The van der Waals surface area contributed by atoms with Crippen molar-refractivity contribution in [3.05, 3.63) is 65.2 Å². The van der Waals surface area contributed by atoms with E-state index in [2.05, 4.69) is 10.3 Å². The Hall–Kier alpha value is -2.76. The maximum absolute atomic E-state index is 13.0. The molecule has 2 fully saturated rings. The minimum Gasteiger partial charge on any atom is -0.349 e. The third-order valence-electron chi connectivity index (χ3n) is 6.47. The number of carbonyl (C=O) groups excluding carboxylic acids is 2. The van der Waals surface area contributed by atoms with Gasteiger partial charge < -0.3 is 10.2 Å². The van der Waals surface area contributed by atoms with E-state index in [1.54, 1.807) is 18.3 Å². The number of benzene rings is 1. The Kier molecular flexibility index (Phi) is 6.95. The molecule has 0 bridgehead atoms. The van der Waals surface area contributed by atoms with Gasteiger partial charge in [-0.15, -0.1) is 0 Å². The van der Waals surface area contributed by atoms with E-state index in [-0.39, 0.29) is 23.5 Å². The monoisotopic (exact) mass is 423 g/mol. The summed E-state index contributed by atoms with van der Waals surface area (Å²) in [5.41, 5.74) is 2.50. The zero-order valence-electron chi connectivity index (χ0n) is 17.9. The molecule has 1 aromatic heterocycles. The summed E-state index contributed by atoms with van der Waals surface area (Å²) in [6, 6.07) is 10.4. The summed E-state index contributed by atoms with van der Waals surface area (Å²) < 4.78 is 13.0. The molecule has 1 aliphatic carbocycles. The number of pyridine rings is 1. The average molecular weight is 424 g/mol. The van der Waals surface area contributed by atoms with Crippen molar-refractivity contribution in [3.63, 3.8) is 0 Å². The van der Waals surface area contributed by atoms with Crippen molar-refractivity contribution < 1.29 is 14.0 Å². The van der Waals surface area contributed by atoms with Crippen LogP contribution in [0.3, 0.4) is 0 Å². The Labute approximate surface area is 183 Å². The molecule has 2 amide bonds. The zero-order chi connectivity index (χ0) is 21.6. The van der Waals surface area contributed by atoms with Crippen molar-refractivity contribution in [1.82, 2.24) is 15.2 Å². The molecule has 1 atom stereocenters. The molecule has 1 aromatic carbocycles. The number of hydrogen-bond donors (Lipinski definition) is 1. The first-order valence-corrected chi connectivity index (χ1v) is 11.4. The Bertz CT molecular complexity index is 892. The van der Waals surface area contributed by atoms with Crippen molar-refractivity contribution in [1.29, 1.82) is 0 Å². The zero-order valence-corrected chi connectivity index (χ0v) is 17.9. The minimum atomic E-state index is -0.261. The fourth-order valence-electron chi connectivity index (χ4n) is 4.63. The lowest BCUT2D eigenvalue weighted by atomic mass is 9.93. The summed E-state index contributed by atoms with van der Waals surface area (Å²) in [6.07, 6.45) is 9.12. The lowest BCUT2D eigenvalue weighted by Gasteiger charge is -2.32. The fourth-order valence-corrected chi connectivity index (χ4v) is 4.63. The SMILES string of the molecule is O=C(NC1CCCC1)c1ccc([C@@H]2CCCN(C(=O)CCc3ccc(F)cc3)C2)nc1. The predicted octanol–water partition coefficient (Wildman–Crippen LogP) is 4.23. The van der Waals surface area contributed by atoms with Gasteiger partial charge in [-0.2, -0.15) is 0 Å². The van der Waals surface area contributed by atoms with Gasteiger partial charge in [-0.05, 0) is 61.9 Å². The molecule has 1 saturated heterocycles. The van der Waals surface area contributed by atoms with Gasteiger partial charge in [0.1, 0.15) is 5.82 Å². The van der Waals surface area contributed by atoms with Crippen LogP contribution in [-0.4, -0.2) is 40.8 Å². The van der Waals surface area contributed by atoms with Gasteiger partial charge in [-0.3, -0.25) is 14.6 Å². The maximum Gasteiger partial charge on any atom is 0.253 e. The van der Waals surface area contributed by atoms with Crippen LogP contribution in [0, 0.1) is 5.82 Å². The Morgan fingerprint density at radius 3 is 2.52 bits per heavy atom. The molecule has 2 aliphatic rings. The number of halogens is 1. The van der Waals surface area contributed by atoms with Crippen LogP contribution >= 0.6 is 0 Å². The van der Waals surface area contributed by atoms with Crippen LogP contribution in [-0.2, 0) is 11.2 Å². The van der Waals surface area contributed by atoms with Crippen LogP contribution in [0.15, 0.2) is 42.6 Å². The second kappa shape index (κ2) is 10.0. The number of likely N-dealkylation sites (tertiary alicyclic amines) is 1. The molecular formula is C25H30FN3O2. The molecule has 0 unspecified atom stereocenters. The topological polar surface area (TPSA) is 62.3 Å². The summed E-state index contributed by atoms with van der Waals surface area (Å²) in [7, 11) is 0. The first kappa shape index (κ1) is 21.5. The molecule has 4 rings (SSSR count). The molecule has 0 radical (unpaired) electrons. The highest BCUT2D eigenvalue weighted by molar-refractivity contribution is 5.94. The van der Waals surface area contributed by atoms with E-state index in [4.69, 9.17) is 0 Å². The van der Waals surface area contributed by atoms with Crippen molar-refractivity contribution in [2.75, 3.05) is 13.1 Å². The van der Waals surface area contributed by atoms with Gasteiger partial charge in [-0.25, -0.2) is 4.39 Å². The Morgan fingerprint density at radius 1 is 1.03 bits per heavy atom. The number of aryl methyl sites for hydroxylation is 1. The van der Waals surface area contributed by atoms with Gasteiger partial charge in [-0.1, -0.05) is 25.0 Å². The largest absolute Gasteiger partial charge is 0.349 e. The van der Waals surface area contributed by atoms with E-state index in [0.29, 0.717) is 31.0 Å².